The lowest BCUT2D eigenvalue weighted by atomic mass is 10.0. The van der Waals surface area contributed by atoms with E-state index in [2.05, 4.69) is 29.1 Å². The summed E-state index contributed by atoms with van der Waals surface area (Å²) in [5.41, 5.74) is 1.04. The van der Waals surface area contributed by atoms with Crippen LogP contribution in [0.5, 0.6) is 0 Å². The summed E-state index contributed by atoms with van der Waals surface area (Å²) in [7, 11) is 0. The predicted molar refractivity (Wildman–Crippen MR) is 55.8 cm³/mol. The number of hydrogen-bond acceptors (Lipinski definition) is 3. The third kappa shape index (κ3) is 3.47. The molecule has 0 aliphatic rings. The zero-order valence-electron chi connectivity index (χ0n) is 8.83. The Kier molecular flexibility index (Phi) is 4.62. The minimum atomic E-state index is -0.261. The molecule has 0 aliphatic carbocycles. The highest BCUT2D eigenvalue weighted by molar-refractivity contribution is 4.93. The van der Waals surface area contributed by atoms with E-state index in [-0.39, 0.29) is 6.10 Å². The summed E-state index contributed by atoms with van der Waals surface area (Å²) in [5.74, 6) is 0.351. The molecule has 2 atom stereocenters. The molecule has 0 fully saturated rings. The summed E-state index contributed by atoms with van der Waals surface area (Å²) in [4.78, 5) is 6.91. The van der Waals surface area contributed by atoms with Crippen LogP contribution in [0.4, 0.5) is 0 Å². The first-order valence-corrected chi connectivity index (χ1v) is 5.10. The molecule has 0 saturated carbocycles. The maximum atomic E-state index is 9.66. The van der Waals surface area contributed by atoms with E-state index in [1.165, 1.54) is 0 Å². The van der Waals surface area contributed by atoms with E-state index >= 15 is 0 Å². The van der Waals surface area contributed by atoms with Crippen LogP contribution >= 0.6 is 0 Å². The highest BCUT2D eigenvalue weighted by Crippen LogP contribution is 2.06. The monoisotopic (exact) mass is 197 g/mol. The molecule has 4 heteroatoms. The van der Waals surface area contributed by atoms with Gasteiger partial charge in [-0.1, -0.05) is 20.3 Å². The number of aromatic nitrogens is 2. The third-order valence-corrected chi connectivity index (χ3v) is 2.52. The SMILES string of the molecule is CCC(C)C(O)CNCc1cnc[nH]1. The van der Waals surface area contributed by atoms with Gasteiger partial charge in [-0.25, -0.2) is 4.98 Å². The van der Waals surface area contributed by atoms with Crippen molar-refractivity contribution in [2.75, 3.05) is 6.54 Å². The number of aromatic amines is 1. The number of H-pyrrole nitrogens is 1. The lowest BCUT2D eigenvalue weighted by molar-refractivity contribution is 0.112. The van der Waals surface area contributed by atoms with E-state index in [0.717, 1.165) is 18.7 Å². The van der Waals surface area contributed by atoms with Gasteiger partial charge in [0.25, 0.3) is 0 Å². The number of imidazole rings is 1. The molecule has 1 heterocycles. The van der Waals surface area contributed by atoms with E-state index in [4.69, 9.17) is 0 Å². The lowest BCUT2D eigenvalue weighted by Gasteiger charge is -2.17. The van der Waals surface area contributed by atoms with Gasteiger partial charge in [-0.15, -0.1) is 0 Å². The van der Waals surface area contributed by atoms with Crippen LogP contribution in [-0.4, -0.2) is 27.7 Å². The quantitative estimate of drug-likeness (QED) is 0.635. The number of hydrogen-bond donors (Lipinski definition) is 3. The van der Waals surface area contributed by atoms with Crippen LogP contribution in [0.25, 0.3) is 0 Å². The summed E-state index contributed by atoms with van der Waals surface area (Å²) in [5, 5.41) is 12.8. The molecule has 2 unspecified atom stereocenters. The Morgan fingerprint density at radius 1 is 1.64 bits per heavy atom. The van der Waals surface area contributed by atoms with Crippen LogP contribution in [0.1, 0.15) is 26.0 Å². The first kappa shape index (κ1) is 11.2. The van der Waals surface area contributed by atoms with E-state index in [9.17, 15) is 5.11 Å². The van der Waals surface area contributed by atoms with Gasteiger partial charge in [-0.2, -0.15) is 0 Å². The molecule has 1 aromatic heterocycles. The molecular formula is C10H19N3O. The lowest BCUT2D eigenvalue weighted by Crippen LogP contribution is -2.31. The molecule has 0 radical (unpaired) electrons. The molecule has 0 bridgehead atoms. The van der Waals surface area contributed by atoms with Crippen LogP contribution < -0.4 is 5.32 Å². The second kappa shape index (κ2) is 5.78. The van der Waals surface area contributed by atoms with Gasteiger partial charge in [0.1, 0.15) is 0 Å². The molecule has 1 aromatic rings. The van der Waals surface area contributed by atoms with Crippen molar-refractivity contribution in [2.24, 2.45) is 5.92 Å². The molecule has 3 N–H and O–H groups in total. The summed E-state index contributed by atoms with van der Waals surface area (Å²) < 4.78 is 0. The molecule has 80 valence electrons. The van der Waals surface area contributed by atoms with Gasteiger partial charge in [-0.05, 0) is 5.92 Å². The van der Waals surface area contributed by atoms with Gasteiger partial charge >= 0.3 is 0 Å². The Morgan fingerprint density at radius 2 is 2.43 bits per heavy atom. The number of nitrogens with zero attached hydrogens (tertiary/aromatic N) is 1. The van der Waals surface area contributed by atoms with E-state index < -0.39 is 0 Å². The Balaban J connectivity index is 2.15. The molecule has 4 nitrogen and oxygen atoms in total. The fraction of sp³-hybridized carbons (Fsp3) is 0.700. The van der Waals surface area contributed by atoms with Crippen molar-refractivity contribution >= 4 is 0 Å². The van der Waals surface area contributed by atoms with Crippen molar-refractivity contribution in [3.63, 3.8) is 0 Å². The summed E-state index contributed by atoms with van der Waals surface area (Å²) in [6.07, 6.45) is 4.18. The van der Waals surface area contributed by atoms with Crippen LogP contribution in [0, 0.1) is 5.92 Å². The minimum absolute atomic E-state index is 0.261. The highest BCUT2D eigenvalue weighted by atomic mass is 16.3. The second-order valence-corrected chi connectivity index (χ2v) is 3.66. The smallest absolute Gasteiger partial charge is 0.0922 e. The average molecular weight is 197 g/mol. The maximum absolute atomic E-state index is 9.66. The number of rotatable bonds is 6. The Labute approximate surface area is 84.8 Å². The van der Waals surface area contributed by atoms with Crippen LogP contribution in [-0.2, 0) is 6.54 Å². The van der Waals surface area contributed by atoms with Gasteiger partial charge < -0.3 is 15.4 Å². The van der Waals surface area contributed by atoms with Crippen molar-refractivity contribution in [1.82, 2.24) is 15.3 Å². The molecule has 14 heavy (non-hydrogen) atoms. The highest BCUT2D eigenvalue weighted by Gasteiger charge is 2.10. The maximum Gasteiger partial charge on any atom is 0.0922 e. The molecule has 0 aliphatic heterocycles. The second-order valence-electron chi connectivity index (χ2n) is 3.66. The molecular weight excluding hydrogens is 178 g/mol. The van der Waals surface area contributed by atoms with Crippen LogP contribution in [0.2, 0.25) is 0 Å². The Hall–Kier alpha value is -0.870. The van der Waals surface area contributed by atoms with E-state index in [1.807, 2.05) is 0 Å². The van der Waals surface area contributed by atoms with Gasteiger partial charge in [0, 0.05) is 25.0 Å². The van der Waals surface area contributed by atoms with Crippen molar-refractivity contribution < 1.29 is 5.11 Å². The molecule has 0 spiro atoms. The normalized spacial score (nSPS) is 15.4. The van der Waals surface area contributed by atoms with E-state index in [0.29, 0.717) is 12.5 Å². The van der Waals surface area contributed by atoms with Crippen LogP contribution in [0.15, 0.2) is 12.5 Å². The Morgan fingerprint density at radius 3 is 3.00 bits per heavy atom. The van der Waals surface area contributed by atoms with E-state index in [1.54, 1.807) is 12.5 Å². The van der Waals surface area contributed by atoms with Gasteiger partial charge in [0.2, 0.25) is 0 Å². The van der Waals surface area contributed by atoms with Gasteiger partial charge in [-0.3, -0.25) is 0 Å². The minimum Gasteiger partial charge on any atom is -0.392 e. The van der Waals surface area contributed by atoms with Gasteiger partial charge in [0.15, 0.2) is 0 Å². The number of aliphatic hydroxyl groups excluding tert-OH is 1. The summed E-state index contributed by atoms with van der Waals surface area (Å²) in [6, 6.07) is 0. The number of nitrogens with one attached hydrogen (secondary N) is 2. The number of aliphatic hydroxyl groups is 1. The van der Waals surface area contributed by atoms with Crippen molar-refractivity contribution in [2.45, 2.75) is 32.9 Å². The molecule has 1 rings (SSSR count). The summed E-state index contributed by atoms with van der Waals surface area (Å²) in [6.45, 7) is 5.51. The van der Waals surface area contributed by atoms with Crippen molar-refractivity contribution in [3.05, 3.63) is 18.2 Å². The van der Waals surface area contributed by atoms with Gasteiger partial charge in [0.05, 0.1) is 12.4 Å². The summed E-state index contributed by atoms with van der Waals surface area (Å²) >= 11 is 0. The zero-order valence-corrected chi connectivity index (χ0v) is 8.83. The average Bonchev–Trinajstić information content (AvgIpc) is 2.69. The Bertz CT molecular complexity index is 236. The first-order chi connectivity index (χ1) is 6.74. The van der Waals surface area contributed by atoms with Crippen LogP contribution in [0.3, 0.4) is 0 Å². The zero-order chi connectivity index (χ0) is 10.4. The molecule has 0 aromatic carbocycles. The molecule has 0 saturated heterocycles. The fourth-order valence-corrected chi connectivity index (χ4v) is 1.21. The van der Waals surface area contributed by atoms with Crippen molar-refractivity contribution in [1.29, 1.82) is 0 Å². The standard InChI is InChI=1S/C10H19N3O/c1-3-8(2)10(14)6-11-4-9-5-12-7-13-9/h5,7-8,10-11,14H,3-4,6H2,1-2H3,(H,12,13). The predicted octanol–water partition coefficient (Wildman–Crippen LogP) is 0.906. The largest absolute Gasteiger partial charge is 0.392 e. The fourth-order valence-electron chi connectivity index (χ4n) is 1.21. The topological polar surface area (TPSA) is 60.9 Å². The molecule has 0 amide bonds. The first-order valence-electron chi connectivity index (χ1n) is 5.10. The van der Waals surface area contributed by atoms with Crippen molar-refractivity contribution in [3.8, 4) is 0 Å². The third-order valence-electron chi connectivity index (χ3n) is 2.52.